The zero-order valence-electron chi connectivity index (χ0n) is 14.1. The average Bonchev–Trinajstić information content (AvgIpc) is 3.23. The van der Waals surface area contributed by atoms with Crippen molar-refractivity contribution in [2.24, 2.45) is 0 Å². The van der Waals surface area contributed by atoms with Crippen LogP contribution >= 0.6 is 0 Å². The number of aromatic amines is 1. The SMILES string of the molecule is CCc1nc([C@@H]2CN([C@H](C)C(=O)Nc3cc(C)on3)CCO2)n[nH]1. The molecule has 0 saturated carbocycles. The first-order valence-corrected chi connectivity index (χ1v) is 8.07. The van der Waals surface area contributed by atoms with Crippen molar-refractivity contribution in [2.75, 3.05) is 25.0 Å². The minimum atomic E-state index is -0.321. The summed E-state index contributed by atoms with van der Waals surface area (Å²) in [6, 6.07) is 1.37. The van der Waals surface area contributed by atoms with E-state index in [1.165, 1.54) is 0 Å². The first-order chi connectivity index (χ1) is 11.6. The molecule has 2 N–H and O–H groups in total. The molecule has 0 aliphatic carbocycles. The Kier molecular flexibility index (Phi) is 4.91. The van der Waals surface area contributed by atoms with Crippen molar-refractivity contribution >= 4 is 11.7 Å². The lowest BCUT2D eigenvalue weighted by Crippen LogP contribution is -2.48. The molecule has 0 aromatic carbocycles. The number of morpholine rings is 1. The van der Waals surface area contributed by atoms with Crippen molar-refractivity contribution in [1.29, 1.82) is 0 Å². The van der Waals surface area contributed by atoms with Gasteiger partial charge in [0, 0.05) is 25.6 Å². The summed E-state index contributed by atoms with van der Waals surface area (Å²) in [6.07, 6.45) is 0.555. The summed E-state index contributed by atoms with van der Waals surface area (Å²) in [7, 11) is 0. The van der Waals surface area contributed by atoms with Gasteiger partial charge < -0.3 is 14.6 Å². The Balaban J connectivity index is 1.61. The molecule has 2 aromatic heterocycles. The van der Waals surface area contributed by atoms with E-state index in [9.17, 15) is 4.79 Å². The fraction of sp³-hybridized carbons (Fsp3) is 0.600. The van der Waals surface area contributed by atoms with Crippen molar-refractivity contribution in [3.63, 3.8) is 0 Å². The number of nitrogens with one attached hydrogen (secondary N) is 2. The standard InChI is InChI=1S/C15H22N6O3/c1-4-12-16-14(19-18-12)11-8-21(5-6-23-11)10(3)15(22)17-13-7-9(2)24-20-13/h7,10-11H,4-6,8H2,1-3H3,(H,16,18,19)(H,17,20,22)/t10-,11+/m1/s1. The number of ether oxygens (including phenoxy) is 1. The van der Waals surface area contributed by atoms with Gasteiger partial charge in [-0.3, -0.25) is 14.8 Å². The second-order valence-electron chi connectivity index (χ2n) is 5.84. The summed E-state index contributed by atoms with van der Waals surface area (Å²) in [5.74, 6) is 2.42. The van der Waals surface area contributed by atoms with Gasteiger partial charge >= 0.3 is 0 Å². The van der Waals surface area contributed by atoms with E-state index in [-0.39, 0.29) is 18.1 Å². The largest absolute Gasteiger partial charge is 0.367 e. The molecule has 3 rings (SSSR count). The lowest BCUT2D eigenvalue weighted by molar-refractivity contribution is -0.124. The molecule has 0 bridgehead atoms. The first kappa shape index (κ1) is 16.6. The summed E-state index contributed by atoms with van der Waals surface area (Å²) in [4.78, 5) is 18.9. The predicted octanol–water partition coefficient (Wildman–Crippen LogP) is 1.06. The second kappa shape index (κ2) is 7.10. The van der Waals surface area contributed by atoms with Crippen LogP contribution in [0.4, 0.5) is 5.82 Å². The normalized spacial score (nSPS) is 20.0. The number of hydrogen-bond acceptors (Lipinski definition) is 7. The van der Waals surface area contributed by atoms with Crippen LogP contribution in [0, 0.1) is 6.92 Å². The Morgan fingerprint density at radius 3 is 3.08 bits per heavy atom. The number of hydrogen-bond donors (Lipinski definition) is 2. The number of aryl methyl sites for hydroxylation is 2. The number of nitrogens with zero attached hydrogens (tertiary/aromatic N) is 4. The predicted molar refractivity (Wildman–Crippen MR) is 85.4 cm³/mol. The third kappa shape index (κ3) is 3.62. The topological polar surface area (TPSA) is 109 Å². The Morgan fingerprint density at radius 2 is 2.42 bits per heavy atom. The fourth-order valence-electron chi connectivity index (χ4n) is 2.61. The highest BCUT2D eigenvalue weighted by molar-refractivity contribution is 5.93. The lowest BCUT2D eigenvalue weighted by atomic mass is 10.2. The number of amides is 1. The van der Waals surface area contributed by atoms with Gasteiger partial charge in [-0.15, -0.1) is 0 Å². The molecule has 1 aliphatic heterocycles. The maximum Gasteiger partial charge on any atom is 0.242 e. The Morgan fingerprint density at radius 1 is 1.58 bits per heavy atom. The van der Waals surface area contributed by atoms with Gasteiger partial charge in [-0.05, 0) is 13.8 Å². The van der Waals surface area contributed by atoms with Crippen LogP contribution in [-0.2, 0) is 16.0 Å². The van der Waals surface area contributed by atoms with Gasteiger partial charge in [0.1, 0.15) is 17.7 Å². The molecule has 9 nitrogen and oxygen atoms in total. The van der Waals surface area contributed by atoms with Gasteiger partial charge in [0.25, 0.3) is 0 Å². The zero-order chi connectivity index (χ0) is 17.1. The Labute approximate surface area is 139 Å². The summed E-state index contributed by atoms with van der Waals surface area (Å²) in [5, 5.41) is 13.7. The average molecular weight is 334 g/mol. The summed E-state index contributed by atoms with van der Waals surface area (Å²) < 4.78 is 10.7. The minimum Gasteiger partial charge on any atom is -0.367 e. The number of carbonyl (C=O) groups is 1. The maximum absolute atomic E-state index is 12.4. The van der Waals surface area contributed by atoms with Crippen LogP contribution in [0.5, 0.6) is 0 Å². The van der Waals surface area contributed by atoms with Crippen molar-refractivity contribution in [2.45, 2.75) is 39.3 Å². The van der Waals surface area contributed by atoms with Gasteiger partial charge in [0.2, 0.25) is 5.91 Å². The van der Waals surface area contributed by atoms with E-state index in [0.29, 0.717) is 37.1 Å². The monoisotopic (exact) mass is 334 g/mol. The number of carbonyl (C=O) groups excluding carboxylic acids is 1. The van der Waals surface area contributed by atoms with Crippen LogP contribution in [0.25, 0.3) is 0 Å². The van der Waals surface area contributed by atoms with Crippen LogP contribution in [-0.4, -0.2) is 56.9 Å². The van der Waals surface area contributed by atoms with Crippen molar-refractivity contribution in [3.05, 3.63) is 23.5 Å². The maximum atomic E-state index is 12.4. The number of rotatable bonds is 5. The van der Waals surface area contributed by atoms with Crippen LogP contribution in [0.2, 0.25) is 0 Å². The molecule has 0 unspecified atom stereocenters. The van der Waals surface area contributed by atoms with Gasteiger partial charge in [-0.2, -0.15) is 5.10 Å². The molecule has 1 aliphatic rings. The molecule has 130 valence electrons. The van der Waals surface area contributed by atoms with E-state index in [4.69, 9.17) is 9.26 Å². The summed E-state index contributed by atoms with van der Waals surface area (Å²) in [5.41, 5.74) is 0. The quantitative estimate of drug-likeness (QED) is 0.841. The second-order valence-corrected chi connectivity index (χ2v) is 5.84. The molecule has 1 amide bonds. The molecule has 24 heavy (non-hydrogen) atoms. The molecular weight excluding hydrogens is 312 g/mol. The smallest absolute Gasteiger partial charge is 0.242 e. The lowest BCUT2D eigenvalue weighted by Gasteiger charge is -2.34. The van der Waals surface area contributed by atoms with Gasteiger partial charge in [-0.1, -0.05) is 12.1 Å². The summed E-state index contributed by atoms with van der Waals surface area (Å²) >= 11 is 0. The van der Waals surface area contributed by atoms with E-state index in [2.05, 4.69) is 30.6 Å². The third-order valence-electron chi connectivity index (χ3n) is 4.08. The van der Waals surface area contributed by atoms with Crippen molar-refractivity contribution < 1.29 is 14.1 Å². The van der Waals surface area contributed by atoms with E-state index >= 15 is 0 Å². The first-order valence-electron chi connectivity index (χ1n) is 8.07. The van der Waals surface area contributed by atoms with E-state index in [1.807, 2.05) is 13.8 Å². The molecule has 2 atom stereocenters. The van der Waals surface area contributed by atoms with Crippen LogP contribution in [0.15, 0.2) is 10.6 Å². The highest BCUT2D eigenvalue weighted by Gasteiger charge is 2.31. The van der Waals surface area contributed by atoms with Crippen molar-refractivity contribution in [1.82, 2.24) is 25.2 Å². The minimum absolute atomic E-state index is 0.131. The van der Waals surface area contributed by atoms with E-state index in [0.717, 1.165) is 12.2 Å². The highest BCUT2D eigenvalue weighted by Crippen LogP contribution is 2.21. The fourth-order valence-corrected chi connectivity index (χ4v) is 2.61. The molecule has 1 fully saturated rings. The highest BCUT2D eigenvalue weighted by atomic mass is 16.5. The molecule has 0 spiro atoms. The Bertz CT molecular complexity index is 697. The molecule has 1 saturated heterocycles. The molecule has 2 aromatic rings. The number of H-pyrrole nitrogens is 1. The molecule has 3 heterocycles. The molecule has 0 radical (unpaired) electrons. The van der Waals surface area contributed by atoms with Gasteiger partial charge in [-0.25, -0.2) is 4.98 Å². The zero-order valence-corrected chi connectivity index (χ0v) is 14.1. The van der Waals surface area contributed by atoms with Crippen LogP contribution in [0.3, 0.4) is 0 Å². The number of aromatic nitrogens is 4. The third-order valence-corrected chi connectivity index (χ3v) is 4.08. The molecular formula is C15H22N6O3. The van der Waals surface area contributed by atoms with Crippen LogP contribution < -0.4 is 5.32 Å². The van der Waals surface area contributed by atoms with Crippen molar-refractivity contribution in [3.8, 4) is 0 Å². The Hall–Kier alpha value is -2.26. The van der Waals surface area contributed by atoms with Gasteiger partial charge in [0.15, 0.2) is 11.6 Å². The molecule has 9 heteroatoms. The van der Waals surface area contributed by atoms with Gasteiger partial charge in [0.05, 0.1) is 12.6 Å². The summed E-state index contributed by atoms with van der Waals surface area (Å²) in [6.45, 7) is 7.42. The van der Waals surface area contributed by atoms with E-state index < -0.39 is 0 Å². The number of anilines is 1. The van der Waals surface area contributed by atoms with Crippen LogP contribution in [0.1, 0.15) is 37.4 Å². The van der Waals surface area contributed by atoms with E-state index in [1.54, 1.807) is 13.0 Å².